The first-order valence-electron chi connectivity index (χ1n) is 5.53. The summed E-state index contributed by atoms with van der Waals surface area (Å²) in [6.07, 6.45) is 1.73. The van der Waals surface area contributed by atoms with Gasteiger partial charge in [-0.15, -0.1) is 0 Å². The summed E-state index contributed by atoms with van der Waals surface area (Å²) >= 11 is 0. The van der Waals surface area contributed by atoms with Crippen LogP contribution in [-0.4, -0.2) is 18.2 Å². The lowest BCUT2D eigenvalue weighted by Crippen LogP contribution is -2.26. The number of ether oxygens (including phenoxy) is 1. The third kappa shape index (κ3) is 1.38. The van der Waals surface area contributed by atoms with Crippen LogP contribution >= 0.6 is 0 Å². The van der Waals surface area contributed by atoms with Crippen LogP contribution in [0.5, 0.6) is 0 Å². The molecule has 84 valence electrons. The number of hydrogen-bond acceptors (Lipinski definition) is 3. The van der Waals surface area contributed by atoms with Gasteiger partial charge in [0, 0.05) is 6.54 Å². The molecule has 1 saturated carbocycles. The summed E-state index contributed by atoms with van der Waals surface area (Å²) in [6.45, 7) is 1.11. The highest BCUT2D eigenvalue weighted by molar-refractivity contribution is 5.91. The van der Waals surface area contributed by atoms with E-state index in [1.165, 1.54) is 0 Å². The molecule has 4 heteroatoms. The van der Waals surface area contributed by atoms with Crippen LogP contribution in [0, 0.1) is 0 Å². The second-order valence-electron chi connectivity index (χ2n) is 4.47. The average molecular weight is 218 g/mol. The van der Waals surface area contributed by atoms with Gasteiger partial charge >= 0.3 is 6.09 Å². The molecule has 2 aliphatic rings. The van der Waals surface area contributed by atoms with E-state index >= 15 is 0 Å². The quantitative estimate of drug-likeness (QED) is 0.820. The van der Waals surface area contributed by atoms with Crippen molar-refractivity contribution < 1.29 is 9.53 Å². The normalized spacial score (nSPS) is 21.3. The molecule has 1 saturated heterocycles. The second kappa shape index (κ2) is 3.22. The predicted molar refractivity (Wildman–Crippen MR) is 60.1 cm³/mol. The zero-order valence-corrected chi connectivity index (χ0v) is 8.98. The molecule has 1 aliphatic heterocycles. The molecule has 2 fully saturated rings. The molecule has 2 N–H and O–H groups in total. The Kier molecular flexibility index (Phi) is 1.94. The van der Waals surface area contributed by atoms with Crippen LogP contribution in [0.15, 0.2) is 24.3 Å². The fourth-order valence-electron chi connectivity index (χ4n) is 2.16. The number of hydrogen-bond donors (Lipinski definition) is 1. The molecule has 1 aromatic rings. The third-order valence-electron chi connectivity index (χ3n) is 3.28. The summed E-state index contributed by atoms with van der Waals surface area (Å²) in [6, 6.07) is 7.71. The molecule has 1 heterocycles. The Balaban J connectivity index is 1.94. The van der Waals surface area contributed by atoms with Gasteiger partial charge in [0.25, 0.3) is 0 Å². The Hall–Kier alpha value is -1.55. The highest BCUT2D eigenvalue weighted by atomic mass is 16.6. The Labute approximate surface area is 94.0 Å². The van der Waals surface area contributed by atoms with E-state index in [2.05, 4.69) is 0 Å². The Morgan fingerprint density at radius 1 is 1.38 bits per heavy atom. The van der Waals surface area contributed by atoms with E-state index in [9.17, 15) is 4.79 Å². The van der Waals surface area contributed by atoms with Crippen LogP contribution < -0.4 is 10.6 Å². The van der Waals surface area contributed by atoms with Crippen molar-refractivity contribution in [2.75, 3.05) is 11.4 Å². The van der Waals surface area contributed by atoms with E-state index in [-0.39, 0.29) is 11.7 Å². The molecule has 0 radical (unpaired) electrons. The van der Waals surface area contributed by atoms with Gasteiger partial charge in [-0.05, 0) is 24.5 Å². The summed E-state index contributed by atoms with van der Waals surface area (Å²) in [5, 5.41) is 0. The molecule has 0 bridgehead atoms. The van der Waals surface area contributed by atoms with Crippen molar-refractivity contribution >= 4 is 11.8 Å². The van der Waals surface area contributed by atoms with Crippen molar-refractivity contribution in [2.45, 2.75) is 25.0 Å². The molecule has 1 spiro atoms. The molecular weight excluding hydrogens is 204 g/mol. The molecule has 0 aromatic heterocycles. The molecule has 0 atom stereocenters. The standard InChI is InChI=1S/C12H14N2O2/c13-7-9-3-1-2-4-10(9)14-8-12(5-6-12)16-11(14)15/h1-4H,5-8,13H2. The SMILES string of the molecule is NCc1ccccc1N1CC2(CC2)OC1=O. The van der Waals surface area contributed by atoms with Gasteiger partial charge in [-0.1, -0.05) is 18.2 Å². The lowest BCUT2D eigenvalue weighted by molar-refractivity contribution is 0.129. The Bertz CT molecular complexity index is 440. The molecular formula is C12H14N2O2. The second-order valence-corrected chi connectivity index (χ2v) is 4.47. The summed E-state index contributed by atoms with van der Waals surface area (Å²) in [5.74, 6) is 0. The van der Waals surface area contributed by atoms with Gasteiger partial charge in [-0.25, -0.2) is 4.79 Å². The number of carbonyl (C=O) groups is 1. The fourth-order valence-corrected chi connectivity index (χ4v) is 2.16. The zero-order chi connectivity index (χ0) is 11.2. The summed E-state index contributed by atoms with van der Waals surface area (Å²) in [5.41, 5.74) is 7.36. The van der Waals surface area contributed by atoms with Gasteiger partial charge in [0.05, 0.1) is 12.2 Å². The van der Waals surface area contributed by atoms with Crippen LogP contribution in [0.4, 0.5) is 10.5 Å². The first-order chi connectivity index (χ1) is 7.74. The number of amides is 1. The van der Waals surface area contributed by atoms with Crippen molar-refractivity contribution in [1.29, 1.82) is 0 Å². The van der Waals surface area contributed by atoms with Crippen molar-refractivity contribution in [3.63, 3.8) is 0 Å². The largest absolute Gasteiger partial charge is 0.441 e. The van der Waals surface area contributed by atoms with E-state index < -0.39 is 0 Å². The van der Waals surface area contributed by atoms with E-state index in [0.29, 0.717) is 13.1 Å². The average Bonchev–Trinajstić information content (AvgIpc) is 2.97. The van der Waals surface area contributed by atoms with Gasteiger partial charge in [0.2, 0.25) is 0 Å². The third-order valence-corrected chi connectivity index (χ3v) is 3.28. The van der Waals surface area contributed by atoms with Gasteiger partial charge in [0.15, 0.2) is 0 Å². The summed E-state index contributed by atoms with van der Waals surface area (Å²) in [7, 11) is 0. The number of carbonyl (C=O) groups excluding carboxylic acids is 1. The molecule has 4 nitrogen and oxygen atoms in total. The molecule has 3 rings (SSSR count). The number of para-hydroxylation sites is 1. The molecule has 1 aliphatic carbocycles. The monoisotopic (exact) mass is 218 g/mol. The number of nitrogens with two attached hydrogens (primary N) is 1. The summed E-state index contributed by atoms with van der Waals surface area (Å²) < 4.78 is 5.37. The minimum Gasteiger partial charge on any atom is -0.441 e. The highest BCUT2D eigenvalue weighted by Gasteiger charge is 2.55. The first kappa shape index (κ1) is 9.66. The van der Waals surface area contributed by atoms with Gasteiger partial charge in [-0.2, -0.15) is 0 Å². The van der Waals surface area contributed by atoms with Crippen molar-refractivity contribution in [3.8, 4) is 0 Å². The number of nitrogens with zero attached hydrogens (tertiary/aromatic N) is 1. The van der Waals surface area contributed by atoms with E-state index in [1.807, 2.05) is 24.3 Å². The number of anilines is 1. The van der Waals surface area contributed by atoms with Crippen LogP contribution in [0.1, 0.15) is 18.4 Å². The topological polar surface area (TPSA) is 55.6 Å². The molecule has 16 heavy (non-hydrogen) atoms. The van der Waals surface area contributed by atoms with Crippen molar-refractivity contribution in [2.24, 2.45) is 5.73 Å². The van der Waals surface area contributed by atoms with Crippen molar-refractivity contribution in [1.82, 2.24) is 0 Å². The van der Waals surface area contributed by atoms with Crippen LogP contribution in [0.25, 0.3) is 0 Å². The zero-order valence-electron chi connectivity index (χ0n) is 8.98. The van der Waals surface area contributed by atoms with Gasteiger partial charge in [-0.3, -0.25) is 4.90 Å². The lowest BCUT2D eigenvalue weighted by atomic mass is 10.1. The highest BCUT2D eigenvalue weighted by Crippen LogP contribution is 2.46. The minimum atomic E-state index is -0.238. The van der Waals surface area contributed by atoms with Crippen LogP contribution in [0.2, 0.25) is 0 Å². The first-order valence-corrected chi connectivity index (χ1v) is 5.53. The van der Waals surface area contributed by atoms with E-state index in [1.54, 1.807) is 4.90 Å². The Morgan fingerprint density at radius 3 is 2.75 bits per heavy atom. The number of benzene rings is 1. The molecule has 1 aromatic carbocycles. The van der Waals surface area contributed by atoms with Gasteiger partial charge < -0.3 is 10.5 Å². The van der Waals surface area contributed by atoms with Crippen LogP contribution in [0.3, 0.4) is 0 Å². The maximum absolute atomic E-state index is 11.8. The predicted octanol–water partition coefficient (Wildman–Crippen LogP) is 1.63. The van der Waals surface area contributed by atoms with E-state index in [0.717, 1.165) is 24.1 Å². The number of rotatable bonds is 2. The van der Waals surface area contributed by atoms with Gasteiger partial charge in [0.1, 0.15) is 5.60 Å². The maximum atomic E-state index is 11.8. The molecule has 1 amide bonds. The molecule has 0 unspecified atom stereocenters. The maximum Gasteiger partial charge on any atom is 0.415 e. The van der Waals surface area contributed by atoms with E-state index in [4.69, 9.17) is 10.5 Å². The Morgan fingerprint density at radius 2 is 2.12 bits per heavy atom. The fraction of sp³-hybridized carbons (Fsp3) is 0.417. The smallest absolute Gasteiger partial charge is 0.415 e. The minimum absolute atomic E-state index is 0.182. The van der Waals surface area contributed by atoms with Crippen LogP contribution in [-0.2, 0) is 11.3 Å². The summed E-state index contributed by atoms with van der Waals surface area (Å²) in [4.78, 5) is 13.5. The van der Waals surface area contributed by atoms with Crippen molar-refractivity contribution in [3.05, 3.63) is 29.8 Å². The lowest BCUT2D eigenvalue weighted by Gasteiger charge is -2.16.